The van der Waals surface area contributed by atoms with Gasteiger partial charge in [0.15, 0.2) is 5.11 Å². The number of carbonyl (C=O) groups is 2. The summed E-state index contributed by atoms with van der Waals surface area (Å²) in [6.07, 6.45) is 1.64. The number of anilines is 2. The number of ether oxygens (including phenoxy) is 2. The Kier molecular flexibility index (Phi) is 7.31. The lowest BCUT2D eigenvalue weighted by atomic mass is 10.1. The van der Waals surface area contributed by atoms with Gasteiger partial charge in [-0.3, -0.25) is 19.8 Å². The summed E-state index contributed by atoms with van der Waals surface area (Å²) in [6, 6.07) is 17.4. The first-order valence-corrected chi connectivity index (χ1v) is 13.0. The van der Waals surface area contributed by atoms with Crippen molar-refractivity contribution in [3.05, 3.63) is 77.1 Å². The van der Waals surface area contributed by atoms with Crippen molar-refractivity contribution in [2.45, 2.75) is 20.8 Å². The van der Waals surface area contributed by atoms with Gasteiger partial charge >= 0.3 is 0 Å². The van der Waals surface area contributed by atoms with Crippen LogP contribution in [0, 0.1) is 13.8 Å². The predicted octanol–water partition coefficient (Wildman–Crippen LogP) is 4.16. The van der Waals surface area contributed by atoms with Crippen molar-refractivity contribution in [1.82, 2.24) is 9.88 Å². The third-order valence-corrected chi connectivity index (χ3v) is 7.05. The van der Waals surface area contributed by atoms with Crippen molar-refractivity contribution >= 4 is 46.6 Å². The number of morpholine rings is 1. The summed E-state index contributed by atoms with van der Waals surface area (Å²) in [4.78, 5) is 30.0. The first kappa shape index (κ1) is 25.7. The first-order chi connectivity index (χ1) is 18.4. The molecule has 8 nitrogen and oxygen atoms in total. The summed E-state index contributed by atoms with van der Waals surface area (Å²) in [5.41, 5.74) is 5.47. The molecule has 9 heteroatoms. The number of rotatable bonds is 6. The molecule has 1 aromatic heterocycles. The summed E-state index contributed by atoms with van der Waals surface area (Å²) >= 11 is 5.34. The number of hydrogen-bond acceptors (Lipinski definition) is 6. The van der Waals surface area contributed by atoms with Gasteiger partial charge in [0.1, 0.15) is 11.3 Å². The van der Waals surface area contributed by atoms with E-state index in [2.05, 4.69) is 39.0 Å². The summed E-state index contributed by atoms with van der Waals surface area (Å²) in [5.74, 6) is -0.290. The molecular formula is C29H30N4O4S. The van der Waals surface area contributed by atoms with Gasteiger partial charge in [0, 0.05) is 35.9 Å². The van der Waals surface area contributed by atoms with Gasteiger partial charge in [0.2, 0.25) is 0 Å². The van der Waals surface area contributed by atoms with E-state index in [0.29, 0.717) is 18.0 Å². The van der Waals surface area contributed by atoms with Crippen LogP contribution in [0.1, 0.15) is 23.9 Å². The zero-order valence-electron chi connectivity index (χ0n) is 21.7. The lowest BCUT2D eigenvalue weighted by Gasteiger charge is -2.29. The Balaban J connectivity index is 1.43. The number of aromatic nitrogens is 1. The highest BCUT2D eigenvalue weighted by Gasteiger charge is 2.34. The van der Waals surface area contributed by atoms with Gasteiger partial charge in [-0.25, -0.2) is 0 Å². The van der Waals surface area contributed by atoms with Crippen LogP contribution in [0.15, 0.2) is 60.2 Å². The molecule has 2 fully saturated rings. The number of thiocarbonyl (C=S) groups is 1. The van der Waals surface area contributed by atoms with E-state index in [1.54, 1.807) is 30.3 Å². The van der Waals surface area contributed by atoms with Gasteiger partial charge in [-0.15, -0.1) is 0 Å². The van der Waals surface area contributed by atoms with Crippen molar-refractivity contribution in [3.63, 3.8) is 0 Å². The van der Waals surface area contributed by atoms with E-state index < -0.39 is 11.8 Å². The molecule has 2 saturated heterocycles. The molecule has 0 atom stereocenters. The smallest absolute Gasteiger partial charge is 0.270 e. The normalized spacial score (nSPS) is 17.2. The van der Waals surface area contributed by atoms with E-state index in [-0.39, 0.29) is 10.7 Å². The van der Waals surface area contributed by atoms with Crippen molar-refractivity contribution in [3.8, 4) is 11.4 Å². The van der Waals surface area contributed by atoms with Gasteiger partial charge in [0.25, 0.3) is 11.8 Å². The first-order valence-electron chi connectivity index (χ1n) is 12.6. The topological polar surface area (TPSA) is 76.0 Å². The maximum absolute atomic E-state index is 13.5. The average Bonchev–Trinajstić information content (AvgIpc) is 3.20. The van der Waals surface area contributed by atoms with Crippen molar-refractivity contribution in [2.75, 3.05) is 42.7 Å². The molecule has 5 rings (SSSR count). The molecule has 2 aliphatic heterocycles. The third kappa shape index (κ3) is 4.94. The van der Waals surface area contributed by atoms with E-state index in [1.807, 2.05) is 26.8 Å². The lowest BCUT2D eigenvalue weighted by molar-refractivity contribution is -0.122. The molecule has 2 amide bonds. The molecular weight excluding hydrogens is 500 g/mol. The van der Waals surface area contributed by atoms with E-state index in [4.69, 9.17) is 21.7 Å². The molecule has 0 spiro atoms. The molecule has 0 unspecified atom stereocenters. The SMILES string of the molecule is CCOc1ccc(N2C(=O)/C(=C/c3cc(C)n(-c4ccc(N5CCOCC5)cc4)c3C)C(=O)NC2=S)cc1. The van der Waals surface area contributed by atoms with E-state index >= 15 is 0 Å². The van der Waals surface area contributed by atoms with Crippen LogP contribution in [0.2, 0.25) is 0 Å². The molecule has 3 aromatic rings. The van der Waals surface area contributed by atoms with Gasteiger partial charge in [-0.2, -0.15) is 0 Å². The van der Waals surface area contributed by atoms with Gasteiger partial charge in [-0.1, -0.05) is 0 Å². The highest BCUT2D eigenvalue weighted by Crippen LogP contribution is 2.28. The number of carbonyl (C=O) groups excluding carboxylic acids is 2. The Hall–Kier alpha value is -3.95. The quantitative estimate of drug-likeness (QED) is 0.293. The number of nitrogens with zero attached hydrogens (tertiary/aromatic N) is 3. The van der Waals surface area contributed by atoms with E-state index in [1.165, 1.54) is 4.90 Å². The van der Waals surface area contributed by atoms with E-state index in [9.17, 15) is 9.59 Å². The monoisotopic (exact) mass is 530 g/mol. The number of amides is 2. The number of hydrogen-bond donors (Lipinski definition) is 1. The van der Waals surface area contributed by atoms with Gasteiger partial charge in [0.05, 0.1) is 25.5 Å². The molecule has 2 aromatic carbocycles. The van der Waals surface area contributed by atoms with Gasteiger partial charge < -0.3 is 18.9 Å². The molecule has 196 valence electrons. The average molecular weight is 531 g/mol. The maximum atomic E-state index is 13.5. The van der Waals surface area contributed by atoms with E-state index in [0.717, 1.165) is 54.6 Å². The third-order valence-electron chi connectivity index (χ3n) is 6.76. The fourth-order valence-corrected chi connectivity index (χ4v) is 5.15. The molecule has 3 heterocycles. The summed E-state index contributed by atoms with van der Waals surface area (Å²) in [7, 11) is 0. The standard InChI is InChI=1S/C29H30N4O4S/c1-4-37-25-11-9-24(10-12-25)33-28(35)26(27(34)30-29(33)38)18-21-17-19(2)32(20(21)3)23-7-5-22(6-8-23)31-13-15-36-16-14-31/h5-12,17-18H,4,13-16H2,1-3H3,(H,30,34,38)/b26-18+. The zero-order chi connectivity index (χ0) is 26.8. The lowest BCUT2D eigenvalue weighted by Crippen LogP contribution is -2.54. The van der Waals surface area contributed by atoms with Crippen LogP contribution in [0.25, 0.3) is 11.8 Å². The minimum atomic E-state index is -0.512. The molecule has 0 bridgehead atoms. The second-order valence-corrected chi connectivity index (χ2v) is 9.55. The van der Waals surface area contributed by atoms with Crippen LogP contribution >= 0.6 is 12.2 Å². The maximum Gasteiger partial charge on any atom is 0.270 e. The van der Waals surface area contributed by atoms with Crippen LogP contribution in [-0.4, -0.2) is 54.4 Å². The second kappa shape index (κ2) is 10.8. The minimum absolute atomic E-state index is 0.0235. The molecule has 0 aliphatic carbocycles. The largest absolute Gasteiger partial charge is 0.494 e. The van der Waals surface area contributed by atoms with Crippen LogP contribution in [0.3, 0.4) is 0 Å². The molecule has 0 saturated carbocycles. The Bertz CT molecular complexity index is 1400. The highest BCUT2D eigenvalue weighted by molar-refractivity contribution is 7.80. The number of aryl methyl sites for hydroxylation is 1. The fraction of sp³-hybridized carbons (Fsp3) is 0.276. The fourth-order valence-electron chi connectivity index (χ4n) is 4.87. The Morgan fingerprint density at radius 2 is 1.61 bits per heavy atom. The van der Waals surface area contributed by atoms with Crippen LogP contribution in [0.4, 0.5) is 11.4 Å². The molecule has 1 N–H and O–H groups in total. The highest BCUT2D eigenvalue weighted by atomic mass is 32.1. The summed E-state index contributed by atoms with van der Waals surface area (Å²) in [5, 5.41) is 2.70. The second-order valence-electron chi connectivity index (χ2n) is 9.16. The molecule has 38 heavy (non-hydrogen) atoms. The Morgan fingerprint density at radius 3 is 2.26 bits per heavy atom. The summed E-state index contributed by atoms with van der Waals surface area (Å²) < 4.78 is 13.1. The zero-order valence-corrected chi connectivity index (χ0v) is 22.5. The van der Waals surface area contributed by atoms with Crippen molar-refractivity contribution in [2.24, 2.45) is 0 Å². The Morgan fingerprint density at radius 1 is 0.974 bits per heavy atom. The van der Waals surface area contributed by atoms with Crippen LogP contribution < -0.4 is 19.9 Å². The van der Waals surface area contributed by atoms with Crippen LogP contribution in [0.5, 0.6) is 5.75 Å². The Labute approximate surface area is 227 Å². The van der Waals surface area contributed by atoms with Crippen molar-refractivity contribution < 1.29 is 19.1 Å². The molecule has 2 aliphatic rings. The van der Waals surface area contributed by atoms with Crippen molar-refractivity contribution in [1.29, 1.82) is 0 Å². The number of benzene rings is 2. The summed E-state index contributed by atoms with van der Waals surface area (Å²) in [6.45, 7) is 9.67. The predicted molar refractivity (Wildman–Crippen MR) is 152 cm³/mol. The van der Waals surface area contributed by atoms with Crippen LogP contribution in [-0.2, 0) is 14.3 Å². The van der Waals surface area contributed by atoms with Gasteiger partial charge in [-0.05, 0) is 99.2 Å². The minimum Gasteiger partial charge on any atom is -0.494 e. The molecule has 0 radical (unpaired) electrons. The number of nitrogens with one attached hydrogen (secondary N) is 1.